The van der Waals surface area contributed by atoms with Gasteiger partial charge in [0, 0.05) is 33.2 Å². The second kappa shape index (κ2) is 10.8. The number of nitro groups is 2. The van der Waals surface area contributed by atoms with Gasteiger partial charge in [-0.05, 0) is 11.1 Å². The molecule has 8 heteroatoms. The highest BCUT2D eigenvalue weighted by Gasteiger charge is 2.21. The zero-order valence-corrected chi connectivity index (χ0v) is 15.7. The van der Waals surface area contributed by atoms with Crippen LogP contribution in [0, 0.1) is 20.2 Å². The summed E-state index contributed by atoms with van der Waals surface area (Å²) >= 11 is 0. The molecule has 0 radical (unpaired) electrons. The number of hydrogen-bond donors (Lipinski definition) is 0. The Balaban J connectivity index is 2.08. The minimum atomic E-state index is -0.303. The van der Waals surface area contributed by atoms with Crippen molar-refractivity contribution in [1.29, 1.82) is 0 Å². The zero-order chi connectivity index (χ0) is 18.8. The van der Waals surface area contributed by atoms with E-state index in [1.807, 2.05) is 60.7 Å². The van der Waals surface area contributed by atoms with E-state index in [0.29, 0.717) is 12.8 Å². The predicted octanol–water partition coefficient (Wildman–Crippen LogP) is 5.18. The standard InChI is InChI=1S/C18H20N2O4S2/c21-19(22)13-11-17(15-7-3-1-4-8-15)25-26-18(12-14-20(23)24)16-9-5-2-6-10-16/h1-10,17-18H,11-14H2. The first-order valence-electron chi connectivity index (χ1n) is 8.22. The van der Waals surface area contributed by atoms with Gasteiger partial charge in [0.25, 0.3) is 0 Å². The lowest BCUT2D eigenvalue weighted by atomic mass is 10.1. The summed E-state index contributed by atoms with van der Waals surface area (Å²) in [5.41, 5.74) is 2.07. The van der Waals surface area contributed by atoms with E-state index in [0.717, 1.165) is 11.1 Å². The van der Waals surface area contributed by atoms with Gasteiger partial charge in [-0.25, -0.2) is 0 Å². The van der Waals surface area contributed by atoms with Crippen LogP contribution >= 0.6 is 21.6 Å². The molecular weight excluding hydrogens is 372 g/mol. The van der Waals surface area contributed by atoms with Crippen LogP contribution in [0.5, 0.6) is 0 Å². The molecule has 2 atom stereocenters. The lowest BCUT2D eigenvalue weighted by Crippen LogP contribution is -2.07. The molecule has 2 unspecified atom stereocenters. The summed E-state index contributed by atoms with van der Waals surface area (Å²) in [6, 6.07) is 19.4. The van der Waals surface area contributed by atoms with Gasteiger partial charge in [0.2, 0.25) is 13.1 Å². The van der Waals surface area contributed by atoms with Gasteiger partial charge in [-0.2, -0.15) is 0 Å². The highest BCUT2D eigenvalue weighted by Crippen LogP contribution is 2.48. The smallest absolute Gasteiger partial charge is 0.205 e. The van der Waals surface area contributed by atoms with Crippen LogP contribution in [0.15, 0.2) is 60.7 Å². The molecule has 0 bridgehead atoms. The molecule has 138 valence electrons. The summed E-state index contributed by atoms with van der Waals surface area (Å²) in [5.74, 6) is 0. The lowest BCUT2D eigenvalue weighted by molar-refractivity contribution is -0.480. The molecule has 0 saturated carbocycles. The number of nitrogens with zero attached hydrogens (tertiary/aromatic N) is 2. The first-order chi connectivity index (χ1) is 12.6. The Morgan fingerprint density at radius 2 is 1.04 bits per heavy atom. The summed E-state index contributed by atoms with van der Waals surface area (Å²) in [6.07, 6.45) is 0.844. The number of hydrogen-bond acceptors (Lipinski definition) is 6. The van der Waals surface area contributed by atoms with Crippen LogP contribution in [0.25, 0.3) is 0 Å². The van der Waals surface area contributed by atoms with Crippen LogP contribution in [-0.2, 0) is 0 Å². The average Bonchev–Trinajstić information content (AvgIpc) is 2.65. The molecule has 0 N–H and O–H groups in total. The minimum Gasteiger partial charge on any atom is -0.265 e. The Labute approximate surface area is 160 Å². The molecule has 2 aromatic rings. The Bertz CT molecular complexity index is 639. The van der Waals surface area contributed by atoms with Crippen molar-refractivity contribution >= 4 is 21.6 Å². The van der Waals surface area contributed by atoms with Crippen molar-refractivity contribution in [2.24, 2.45) is 0 Å². The Morgan fingerprint density at radius 1 is 0.692 bits per heavy atom. The van der Waals surface area contributed by atoms with Gasteiger partial charge in [-0.1, -0.05) is 82.3 Å². The van der Waals surface area contributed by atoms with Crippen molar-refractivity contribution in [2.75, 3.05) is 13.1 Å². The Morgan fingerprint density at radius 3 is 1.35 bits per heavy atom. The highest BCUT2D eigenvalue weighted by molar-refractivity contribution is 8.76. The quantitative estimate of drug-likeness (QED) is 0.297. The molecule has 0 aliphatic heterocycles. The normalized spacial score (nSPS) is 13.1. The Kier molecular flexibility index (Phi) is 8.43. The molecule has 0 heterocycles. The summed E-state index contributed by atoms with van der Waals surface area (Å²) in [5, 5.41) is 21.5. The van der Waals surface area contributed by atoms with E-state index in [-0.39, 0.29) is 33.4 Å². The maximum absolute atomic E-state index is 10.8. The van der Waals surface area contributed by atoms with E-state index in [2.05, 4.69) is 0 Å². The topological polar surface area (TPSA) is 86.3 Å². The first-order valence-corrected chi connectivity index (χ1v) is 10.5. The molecule has 0 fully saturated rings. The van der Waals surface area contributed by atoms with E-state index >= 15 is 0 Å². The van der Waals surface area contributed by atoms with Gasteiger partial charge in [0.1, 0.15) is 0 Å². The molecule has 0 spiro atoms. The van der Waals surface area contributed by atoms with Crippen molar-refractivity contribution in [2.45, 2.75) is 23.3 Å². The van der Waals surface area contributed by atoms with Gasteiger partial charge in [-0.15, -0.1) is 0 Å². The van der Waals surface area contributed by atoms with Crippen molar-refractivity contribution in [3.05, 3.63) is 92.0 Å². The van der Waals surface area contributed by atoms with Gasteiger partial charge >= 0.3 is 0 Å². The number of benzene rings is 2. The maximum Gasteiger partial charge on any atom is 0.205 e. The van der Waals surface area contributed by atoms with Crippen molar-refractivity contribution in [3.8, 4) is 0 Å². The molecule has 0 aliphatic carbocycles. The average molecular weight is 393 g/mol. The second-order valence-corrected chi connectivity index (χ2v) is 8.36. The van der Waals surface area contributed by atoms with Crippen molar-refractivity contribution < 1.29 is 9.85 Å². The van der Waals surface area contributed by atoms with E-state index < -0.39 is 0 Å². The van der Waals surface area contributed by atoms with Gasteiger partial charge in [0.15, 0.2) is 0 Å². The largest absolute Gasteiger partial charge is 0.265 e. The Hall–Kier alpha value is -2.06. The molecular formula is C18H20N2O4S2. The van der Waals surface area contributed by atoms with E-state index in [9.17, 15) is 20.2 Å². The SMILES string of the molecule is O=[N+]([O-])CCC(SSC(CC[N+](=O)[O-])c1ccccc1)c1ccccc1. The molecule has 0 amide bonds. The zero-order valence-electron chi connectivity index (χ0n) is 14.1. The molecule has 0 aliphatic rings. The highest BCUT2D eigenvalue weighted by atomic mass is 33.1. The monoisotopic (exact) mass is 392 g/mol. The van der Waals surface area contributed by atoms with Crippen LogP contribution in [0.3, 0.4) is 0 Å². The third-order valence-corrected chi connectivity index (χ3v) is 7.10. The molecule has 0 saturated heterocycles. The van der Waals surface area contributed by atoms with E-state index in [1.54, 1.807) is 21.6 Å². The van der Waals surface area contributed by atoms with Crippen LogP contribution in [-0.4, -0.2) is 22.9 Å². The fourth-order valence-corrected chi connectivity index (χ4v) is 5.71. The molecule has 2 aromatic carbocycles. The summed E-state index contributed by atoms with van der Waals surface area (Å²) in [7, 11) is 3.12. The fourth-order valence-electron chi connectivity index (χ4n) is 2.46. The van der Waals surface area contributed by atoms with Gasteiger partial charge in [-0.3, -0.25) is 20.2 Å². The minimum absolute atomic E-state index is 0.0339. The van der Waals surface area contributed by atoms with Gasteiger partial charge in [0.05, 0.1) is 0 Å². The van der Waals surface area contributed by atoms with Gasteiger partial charge < -0.3 is 0 Å². The maximum atomic E-state index is 10.8. The molecule has 2 rings (SSSR count). The summed E-state index contributed by atoms with van der Waals surface area (Å²) in [6.45, 7) is -0.198. The molecule has 26 heavy (non-hydrogen) atoms. The van der Waals surface area contributed by atoms with Crippen LogP contribution in [0.2, 0.25) is 0 Å². The molecule has 6 nitrogen and oxygen atoms in total. The van der Waals surface area contributed by atoms with Crippen molar-refractivity contribution in [3.63, 3.8) is 0 Å². The van der Waals surface area contributed by atoms with E-state index in [4.69, 9.17) is 0 Å². The summed E-state index contributed by atoms with van der Waals surface area (Å²) < 4.78 is 0. The molecule has 0 aromatic heterocycles. The van der Waals surface area contributed by atoms with Crippen molar-refractivity contribution in [1.82, 2.24) is 0 Å². The first kappa shape index (κ1) is 20.3. The second-order valence-electron chi connectivity index (χ2n) is 5.68. The number of rotatable bonds is 11. The van der Waals surface area contributed by atoms with Crippen LogP contribution in [0.4, 0.5) is 0 Å². The lowest BCUT2D eigenvalue weighted by Gasteiger charge is -2.19. The van der Waals surface area contributed by atoms with E-state index in [1.165, 1.54) is 0 Å². The third kappa shape index (κ3) is 7.05. The van der Waals surface area contributed by atoms with Crippen LogP contribution < -0.4 is 0 Å². The third-order valence-electron chi connectivity index (χ3n) is 3.78. The predicted molar refractivity (Wildman–Crippen MR) is 107 cm³/mol. The summed E-state index contributed by atoms with van der Waals surface area (Å²) in [4.78, 5) is 21.0. The van der Waals surface area contributed by atoms with Crippen LogP contribution in [0.1, 0.15) is 34.5 Å². The fraction of sp³-hybridized carbons (Fsp3) is 0.333.